The molecule has 0 aliphatic heterocycles. The number of alkyl halides is 3. The largest absolute Gasteiger partial charge is 0.416 e. The highest BCUT2D eigenvalue weighted by molar-refractivity contribution is 7.17. The Balaban J connectivity index is 1.71. The molecule has 0 bridgehead atoms. The number of nitrogens with one attached hydrogen (secondary N) is 1. The third kappa shape index (κ3) is 4.06. The van der Waals surface area contributed by atoms with Gasteiger partial charge in [0.15, 0.2) is 0 Å². The van der Waals surface area contributed by atoms with Crippen LogP contribution in [0.1, 0.15) is 20.8 Å². The highest BCUT2D eigenvalue weighted by atomic mass is 32.1. The van der Waals surface area contributed by atoms with E-state index in [2.05, 4.69) is 10.3 Å². The number of amides is 1. The predicted octanol–water partition coefficient (Wildman–Crippen LogP) is 4.76. The molecule has 25 heavy (non-hydrogen) atoms. The van der Waals surface area contributed by atoms with Gasteiger partial charge in [-0.2, -0.15) is 13.2 Å². The molecule has 0 radical (unpaired) electrons. The predicted molar refractivity (Wildman–Crippen MR) is 90.2 cm³/mol. The second-order valence-corrected chi connectivity index (χ2v) is 6.32. The average Bonchev–Trinajstić information content (AvgIpc) is 3.10. The van der Waals surface area contributed by atoms with Crippen LogP contribution in [0.4, 0.5) is 13.2 Å². The first-order chi connectivity index (χ1) is 11.9. The van der Waals surface area contributed by atoms with E-state index in [1.54, 1.807) is 24.5 Å². The number of rotatable bonds is 4. The van der Waals surface area contributed by atoms with Crippen LogP contribution in [-0.4, -0.2) is 10.9 Å². The van der Waals surface area contributed by atoms with Crippen molar-refractivity contribution in [3.05, 3.63) is 76.9 Å². The number of nitrogens with zero attached hydrogens (tertiary/aromatic N) is 1. The van der Waals surface area contributed by atoms with Crippen LogP contribution in [0, 0.1) is 0 Å². The number of halogens is 3. The highest BCUT2D eigenvalue weighted by Gasteiger charge is 2.32. The van der Waals surface area contributed by atoms with E-state index in [1.165, 1.54) is 29.5 Å². The number of hydrogen-bond acceptors (Lipinski definition) is 3. The van der Waals surface area contributed by atoms with E-state index in [0.29, 0.717) is 4.88 Å². The summed E-state index contributed by atoms with van der Waals surface area (Å²) in [7, 11) is 0. The second-order valence-electron chi connectivity index (χ2n) is 5.24. The van der Waals surface area contributed by atoms with Crippen molar-refractivity contribution in [1.82, 2.24) is 10.3 Å². The van der Waals surface area contributed by atoms with Gasteiger partial charge in [0.1, 0.15) is 0 Å². The summed E-state index contributed by atoms with van der Waals surface area (Å²) in [5.41, 5.74) is 0.231. The maximum Gasteiger partial charge on any atom is 0.416 e. The summed E-state index contributed by atoms with van der Waals surface area (Å²) < 4.78 is 38.9. The van der Waals surface area contributed by atoms with Gasteiger partial charge in [0, 0.05) is 23.8 Å². The Hall–Kier alpha value is -2.67. The van der Waals surface area contributed by atoms with Crippen molar-refractivity contribution in [2.45, 2.75) is 12.7 Å². The SMILES string of the molecule is O=C(NCc1ccccc1C(F)(F)F)c1ccc(-c2ccncc2)s1. The van der Waals surface area contributed by atoms with Gasteiger partial charge in [-0.15, -0.1) is 11.3 Å². The molecule has 0 saturated heterocycles. The smallest absolute Gasteiger partial charge is 0.347 e. The van der Waals surface area contributed by atoms with Crippen LogP contribution >= 0.6 is 11.3 Å². The van der Waals surface area contributed by atoms with Crippen LogP contribution in [0.5, 0.6) is 0 Å². The Labute approximate surface area is 146 Å². The first-order valence-electron chi connectivity index (χ1n) is 7.38. The van der Waals surface area contributed by atoms with E-state index >= 15 is 0 Å². The van der Waals surface area contributed by atoms with Gasteiger partial charge in [-0.3, -0.25) is 9.78 Å². The molecular weight excluding hydrogens is 349 g/mol. The molecule has 0 spiro atoms. The fourth-order valence-corrected chi connectivity index (χ4v) is 3.27. The molecule has 0 saturated carbocycles. The molecule has 0 atom stereocenters. The van der Waals surface area contributed by atoms with Gasteiger partial charge in [-0.05, 0) is 41.5 Å². The zero-order valence-corrected chi connectivity index (χ0v) is 13.7. The topological polar surface area (TPSA) is 42.0 Å². The Morgan fingerprint density at radius 3 is 2.48 bits per heavy atom. The van der Waals surface area contributed by atoms with Gasteiger partial charge in [0.2, 0.25) is 0 Å². The fraction of sp³-hybridized carbons (Fsp3) is 0.111. The molecule has 7 heteroatoms. The first-order valence-corrected chi connectivity index (χ1v) is 8.20. The van der Waals surface area contributed by atoms with Crippen LogP contribution < -0.4 is 5.32 Å². The minimum atomic E-state index is -4.45. The highest BCUT2D eigenvalue weighted by Crippen LogP contribution is 2.32. The van der Waals surface area contributed by atoms with Crippen LogP contribution in [0.25, 0.3) is 10.4 Å². The average molecular weight is 362 g/mol. The van der Waals surface area contributed by atoms with Gasteiger partial charge in [0.05, 0.1) is 10.4 Å². The maximum absolute atomic E-state index is 13.0. The minimum absolute atomic E-state index is 0.0364. The summed E-state index contributed by atoms with van der Waals surface area (Å²) in [6.45, 7) is -0.184. The zero-order valence-electron chi connectivity index (χ0n) is 12.9. The van der Waals surface area contributed by atoms with Crippen molar-refractivity contribution in [2.24, 2.45) is 0 Å². The standard InChI is InChI=1S/C18H13F3N2OS/c19-18(20,21)14-4-2-1-3-13(14)11-23-17(24)16-6-5-15(25-16)12-7-9-22-10-8-12/h1-10H,11H2,(H,23,24). The Morgan fingerprint density at radius 2 is 1.76 bits per heavy atom. The summed E-state index contributed by atoms with van der Waals surface area (Å²) in [5, 5.41) is 2.55. The molecule has 3 aromatic rings. The van der Waals surface area contributed by atoms with E-state index in [0.717, 1.165) is 16.5 Å². The van der Waals surface area contributed by atoms with Gasteiger partial charge >= 0.3 is 6.18 Å². The Kier molecular flexibility index (Phi) is 4.85. The lowest BCUT2D eigenvalue weighted by atomic mass is 10.1. The lowest BCUT2D eigenvalue weighted by molar-refractivity contribution is -0.138. The van der Waals surface area contributed by atoms with Crippen molar-refractivity contribution in [2.75, 3.05) is 0 Å². The number of carbonyl (C=O) groups excluding carboxylic acids is 1. The first kappa shape index (κ1) is 17.2. The minimum Gasteiger partial charge on any atom is -0.347 e. The molecule has 0 fully saturated rings. The number of benzene rings is 1. The normalized spacial score (nSPS) is 11.3. The molecule has 0 aliphatic rings. The molecule has 128 valence electrons. The van der Waals surface area contributed by atoms with E-state index in [-0.39, 0.29) is 12.1 Å². The van der Waals surface area contributed by atoms with Gasteiger partial charge < -0.3 is 5.32 Å². The summed E-state index contributed by atoms with van der Waals surface area (Å²) in [6.07, 6.45) is -1.13. The summed E-state index contributed by atoms with van der Waals surface area (Å²) >= 11 is 1.28. The van der Waals surface area contributed by atoms with Crippen molar-refractivity contribution in [1.29, 1.82) is 0 Å². The number of pyridine rings is 1. The van der Waals surface area contributed by atoms with Crippen LogP contribution in [0.3, 0.4) is 0 Å². The maximum atomic E-state index is 13.0. The number of hydrogen-bond donors (Lipinski definition) is 1. The molecule has 0 unspecified atom stereocenters. The lowest BCUT2D eigenvalue weighted by Crippen LogP contribution is -2.23. The lowest BCUT2D eigenvalue weighted by Gasteiger charge is -2.12. The fourth-order valence-electron chi connectivity index (χ4n) is 2.34. The van der Waals surface area contributed by atoms with E-state index in [9.17, 15) is 18.0 Å². The zero-order chi connectivity index (χ0) is 17.9. The molecular formula is C18H13F3N2OS. The van der Waals surface area contributed by atoms with Crippen LogP contribution in [0.2, 0.25) is 0 Å². The number of carbonyl (C=O) groups is 1. The van der Waals surface area contributed by atoms with Crippen molar-refractivity contribution < 1.29 is 18.0 Å². The molecule has 3 nitrogen and oxygen atoms in total. The van der Waals surface area contributed by atoms with Crippen LogP contribution in [-0.2, 0) is 12.7 Å². The van der Waals surface area contributed by atoms with Gasteiger partial charge in [0.25, 0.3) is 5.91 Å². The molecule has 2 aromatic heterocycles. The summed E-state index contributed by atoms with van der Waals surface area (Å²) in [5.74, 6) is -0.401. The monoisotopic (exact) mass is 362 g/mol. The van der Waals surface area contributed by atoms with Gasteiger partial charge in [-0.1, -0.05) is 18.2 Å². The van der Waals surface area contributed by atoms with Crippen LogP contribution in [0.15, 0.2) is 60.9 Å². The van der Waals surface area contributed by atoms with Crippen molar-refractivity contribution in [3.63, 3.8) is 0 Å². The summed E-state index contributed by atoms with van der Waals surface area (Å²) in [4.78, 5) is 17.5. The number of thiophene rings is 1. The van der Waals surface area contributed by atoms with Crippen molar-refractivity contribution >= 4 is 17.2 Å². The second kappa shape index (κ2) is 7.06. The molecule has 1 N–H and O–H groups in total. The summed E-state index contributed by atoms with van der Waals surface area (Å²) in [6, 6.07) is 12.3. The van der Waals surface area contributed by atoms with Crippen molar-refractivity contribution in [3.8, 4) is 10.4 Å². The molecule has 1 aromatic carbocycles. The molecule has 0 aliphatic carbocycles. The van der Waals surface area contributed by atoms with Gasteiger partial charge in [-0.25, -0.2) is 0 Å². The molecule has 3 rings (SSSR count). The van der Waals surface area contributed by atoms with E-state index < -0.39 is 17.6 Å². The number of aromatic nitrogens is 1. The van der Waals surface area contributed by atoms with E-state index in [1.807, 2.05) is 12.1 Å². The third-order valence-electron chi connectivity index (χ3n) is 3.56. The molecule has 2 heterocycles. The third-order valence-corrected chi connectivity index (χ3v) is 4.69. The quantitative estimate of drug-likeness (QED) is 0.727. The van der Waals surface area contributed by atoms with E-state index in [4.69, 9.17) is 0 Å². The Morgan fingerprint density at radius 1 is 1.04 bits per heavy atom. The molecule has 1 amide bonds. The Bertz CT molecular complexity index is 875.